The number of rotatable bonds is 9. The molecule has 0 heterocycles. The van der Waals surface area contributed by atoms with Crippen LogP contribution in [0, 0.1) is 5.92 Å². The highest BCUT2D eigenvalue weighted by Crippen LogP contribution is 2.32. The molecule has 0 bridgehead atoms. The van der Waals surface area contributed by atoms with Crippen LogP contribution in [-0.2, 0) is 11.3 Å². The average molecular weight is 277 g/mol. The second-order valence-corrected chi connectivity index (χ2v) is 5.68. The van der Waals surface area contributed by atoms with Crippen LogP contribution in [0.2, 0.25) is 0 Å². The topological polar surface area (TPSA) is 39.7 Å². The van der Waals surface area contributed by atoms with Gasteiger partial charge in [-0.15, -0.1) is 0 Å². The molecule has 2 fully saturated rings. The van der Waals surface area contributed by atoms with E-state index in [-0.39, 0.29) is 0 Å². The third-order valence-corrected chi connectivity index (χ3v) is 3.78. The van der Waals surface area contributed by atoms with Crippen LogP contribution < -0.4 is 14.8 Å². The van der Waals surface area contributed by atoms with Crippen molar-refractivity contribution in [1.29, 1.82) is 0 Å². The number of para-hydroxylation sites is 1. The van der Waals surface area contributed by atoms with Gasteiger partial charge in [-0.05, 0) is 37.7 Å². The Balaban J connectivity index is 1.57. The molecule has 0 spiro atoms. The lowest BCUT2D eigenvalue weighted by atomic mass is 10.2. The molecule has 1 aromatic carbocycles. The van der Waals surface area contributed by atoms with Gasteiger partial charge in [-0.25, -0.2) is 0 Å². The zero-order valence-electron chi connectivity index (χ0n) is 12.1. The van der Waals surface area contributed by atoms with Gasteiger partial charge in [-0.2, -0.15) is 0 Å². The van der Waals surface area contributed by atoms with Crippen molar-refractivity contribution in [2.45, 2.75) is 38.3 Å². The summed E-state index contributed by atoms with van der Waals surface area (Å²) in [5, 5.41) is 3.51. The molecule has 0 aliphatic heterocycles. The van der Waals surface area contributed by atoms with E-state index in [0.29, 0.717) is 12.8 Å². The Labute approximate surface area is 120 Å². The molecule has 1 N–H and O–H groups in total. The zero-order chi connectivity index (χ0) is 13.8. The summed E-state index contributed by atoms with van der Waals surface area (Å²) in [6, 6.07) is 6.69. The van der Waals surface area contributed by atoms with Crippen LogP contribution in [0.25, 0.3) is 0 Å². The maximum Gasteiger partial charge on any atom is 0.189 e. The van der Waals surface area contributed by atoms with Crippen molar-refractivity contribution in [2.24, 2.45) is 5.92 Å². The first-order chi connectivity index (χ1) is 9.86. The SMILES string of the molecule is COc1cccc(CNC2CC2)c1OCOCC1CC1. The van der Waals surface area contributed by atoms with Crippen molar-refractivity contribution in [3.05, 3.63) is 23.8 Å². The van der Waals surface area contributed by atoms with E-state index in [9.17, 15) is 0 Å². The molecule has 3 rings (SSSR count). The van der Waals surface area contributed by atoms with Crippen LogP contribution in [0.1, 0.15) is 31.2 Å². The molecular weight excluding hydrogens is 254 g/mol. The average Bonchev–Trinajstić information content (AvgIpc) is 3.36. The Morgan fingerprint density at radius 3 is 2.75 bits per heavy atom. The van der Waals surface area contributed by atoms with Crippen molar-refractivity contribution < 1.29 is 14.2 Å². The van der Waals surface area contributed by atoms with E-state index in [0.717, 1.165) is 36.1 Å². The van der Waals surface area contributed by atoms with Gasteiger partial charge >= 0.3 is 0 Å². The largest absolute Gasteiger partial charge is 0.493 e. The van der Waals surface area contributed by atoms with Crippen molar-refractivity contribution in [3.63, 3.8) is 0 Å². The number of hydrogen-bond donors (Lipinski definition) is 1. The molecule has 0 saturated heterocycles. The quantitative estimate of drug-likeness (QED) is 0.556. The standard InChI is InChI=1S/C16H23NO3/c1-18-15-4-2-3-13(9-17-14-7-8-14)16(15)20-11-19-10-12-5-6-12/h2-4,12,14,17H,5-11H2,1H3. The van der Waals surface area contributed by atoms with Gasteiger partial charge in [0.15, 0.2) is 18.3 Å². The summed E-state index contributed by atoms with van der Waals surface area (Å²) >= 11 is 0. The molecule has 0 amide bonds. The van der Waals surface area contributed by atoms with Gasteiger partial charge in [0.1, 0.15) is 0 Å². The molecule has 2 aliphatic carbocycles. The highest BCUT2D eigenvalue weighted by atomic mass is 16.7. The minimum absolute atomic E-state index is 0.299. The Morgan fingerprint density at radius 2 is 2.05 bits per heavy atom. The predicted octanol–water partition coefficient (Wildman–Crippen LogP) is 2.71. The molecule has 1 aromatic rings. The minimum atomic E-state index is 0.299. The third kappa shape index (κ3) is 3.87. The Kier molecular flexibility index (Phi) is 4.43. The van der Waals surface area contributed by atoms with Gasteiger partial charge in [0.05, 0.1) is 13.7 Å². The molecule has 20 heavy (non-hydrogen) atoms. The fourth-order valence-corrected chi connectivity index (χ4v) is 2.17. The van der Waals surface area contributed by atoms with Crippen molar-refractivity contribution in [1.82, 2.24) is 5.32 Å². The highest BCUT2D eigenvalue weighted by molar-refractivity contribution is 5.46. The first kappa shape index (κ1) is 13.7. The molecule has 4 heteroatoms. The number of benzene rings is 1. The number of methoxy groups -OCH3 is 1. The monoisotopic (exact) mass is 277 g/mol. The van der Waals surface area contributed by atoms with Crippen molar-refractivity contribution in [3.8, 4) is 11.5 Å². The predicted molar refractivity (Wildman–Crippen MR) is 77.0 cm³/mol. The van der Waals surface area contributed by atoms with Crippen LogP contribution in [0.3, 0.4) is 0 Å². The van der Waals surface area contributed by atoms with Gasteiger partial charge in [0.25, 0.3) is 0 Å². The van der Waals surface area contributed by atoms with E-state index in [2.05, 4.69) is 11.4 Å². The summed E-state index contributed by atoms with van der Waals surface area (Å²) in [5.74, 6) is 2.33. The summed E-state index contributed by atoms with van der Waals surface area (Å²) in [4.78, 5) is 0. The van der Waals surface area contributed by atoms with Crippen LogP contribution in [0.4, 0.5) is 0 Å². The summed E-state index contributed by atoms with van der Waals surface area (Å²) in [7, 11) is 1.67. The van der Waals surface area contributed by atoms with Gasteiger partial charge in [0.2, 0.25) is 0 Å². The highest BCUT2D eigenvalue weighted by Gasteiger charge is 2.22. The zero-order valence-corrected chi connectivity index (χ0v) is 12.1. The lowest BCUT2D eigenvalue weighted by Crippen LogP contribution is -2.17. The van der Waals surface area contributed by atoms with Gasteiger partial charge in [-0.1, -0.05) is 12.1 Å². The van der Waals surface area contributed by atoms with Crippen molar-refractivity contribution in [2.75, 3.05) is 20.5 Å². The molecule has 2 aliphatic rings. The fraction of sp³-hybridized carbons (Fsp3) is 0.625. The first-order valence-electron chi connectivity index (χ1n) is 7.46. The van der Waals surface area contributed by atoms with Crippen LogP contribution in [-0.4, -0.2) is 26.6 Å². The first-order valence-corrected chi connectivity index (χ1v) is 7.46. The van der Waals surface area contributed by atoms with E-state index in [1.54, 1.807) is 7.11 Å². The van der Waals surface area contributed by atoms with Gasteiger partial charge in [-0.3, -0.25) is 0 Å². The molecule has 0 aromatic heterocycles. The van der Waals surface area contributed by atoms with Crippen molar-refractivity contribution >= 4 is 0 Å². The molecule has 0 unspecified atom stereocenters. The third-order valence-electron chi connectivity index (χ3n) is 3.78. The second-order valence-electron chi connectivity index (χ2n) is 5.68. The van der Waals surface area contributed by atoms with E-state index >= 15 is 0 Å². The normalized spacial score (nSPS) is 18.1. The van der Waals surface area contributed by atoms with E-state index in [1.165, 1.54) is 25.7 Å². The molecular formula is C16H23NO3. The molecule has 0 atom stereocenters. The van der Waals surface area contributed by atoms with E-state index in [1.807, 2.05) is 12.1 Å². The second kappa shape index (κ2) is 6.46. The summed E-state index contributed by atoms with van der Waals surface area (Å²) in [6.45, 7) is 1.93. The molecule has 4 nitrogen and oxygen atoms in total. The maximum absolute atomic E-state index is 5.80. The minimum Gasteiger partial charge on any atom is -0.493 e. The fourth-order valence-electron chi connectivity index (χ4n) is 2.17. The van der Waals surface area contributed by atoms with Gasteiger partial charge < -0.3 is 19.5 Å². The number of ether oxygens (including phenoxy) is 3. The maximum atomic E-state index is 5.80. The number of hydrogen-bond acceptors (Lipinski definition) is 4. The Hall–Kier alpha value is -1.26. The molecule has 110 valence electrons. The Bertz CT molecular complexity index is 441. The van der Waals surface area contributed by atoms with Gasteiger partial charge in [0, 0.05) is 18.2 Å². The van der Waals surface area contributed by atoms with Crippen LogP contribution in [0.5, 0.6) is 11.5 Å². The molecule has 0 radical (unpaired) electrons. The van der Waals surface area contributed by atoms with Crippen LogP contribution >= 0.6 is 0 Å². The summed E-state index contributed by atoms with van der Waals surface area (Å²) < 4.78 is 16.7. The lowest BCUT2D eigenvalue weighted by Gasteiger charge is -2.15. The Morgan fingerprint density at radius 1 is 1.20 bits per heavy atom. The summed E-state index contributed by atoms with van der Waals surface area (Å²) in [6.07, 6.45) is 5.16. The van der Waals surface area contributed by atoms with E-state index in [4.69, 9.17) is 14.2 Å². The summed E-state index contributed by atoms with van der Waals surface area (Å²) in [5.41, 5.74) is 1.13. The lowest BCUT2D eigenvalue weighted by molar-refractivity contribution is 0.00807. The smallest absolute Gasteiger partial charge is 0.189 e. The van der Waals surface area contributed by atoms with E-state index < -0.39 is 0 Å². The molecule has 2 saturated carbocycles. The number of nitrogens with one attached hydrogen (secondary N) is 1. The van der Waals surface area contributed by atoms with Crippen LogP contribution in [0.15, 0.2) is 18.2 Å².